The van der Waals surface area contributed by atoms with Crippen molar-refractivity contribution in [1.29, 1.82) is 0 Å². The van der Waals surface area contributed by atoms with E-state index in [1.54, 1.807) is 14.2 Å². The molecule has 1 aromatic carbocycles. The van der Waals surface area contributed by atoms with E-state index in [0.717, 1.165) is 43.1 Å². The van der Waals surface area contributed by atoms with Crippen molar-refractivity contribution in [3.05, 3.63) is 35.1 Å². The molecule has 0 amide bonds. The van der Waals surface area contributed by atoms with Crippen LogP contribution >= 0.6 is 0 Å². The van der Waals surface area contributed by atoms with Crippen LogP contribution < -0.4 is 14.8 Å². The highest BCUT2D eigenvalue weighted by atomic mass is 16.6. The van der Waals surface area contributed by atoms with Gasteiger partial charge in [0.2, 0.25) is 0 Å². The van der Waals surface area contributed by atoms with Crippen molar-refractivity contribution in [2.45, 2.75) is 36.8 Å². The Morgan fingerprint density at radius 3 is 3.00 bits per heavy atom. The number of benzene rings is 1. The highest BCUT2D eigenvalue weighted by molar-refractivity contribution is 5.62. The molecule has 4 atom stereocenters. The number of hydrogen-bond acceptors (Lipinski definition) is 4. The Labute approximate surface area is 130 Å². The van der Waals surface area contributed by atoms with E-state index in [0.29, 0.717) is 12.0 Å². The molecule has 5 rings (SSSR count). The molecule has 4 nitrogen and oxygen atoms in total. The minimum Gasteiger partial charge on any atom is -0.497 e. The molecular weight excluding hydrogens is 278 g/mol. The summed E-state index contributed by atoms with van der Waals surface area (Å²) in [6, 6.07) is 4.82. The second kappa shape index (κ2) is 4.19. The Bertz CT molecular complexity index is 683. The van der Waals surface area contributed by atoms with Gasteiger partial charge in [-0.2, -0.15) is 0 Å². The predicted molar refractivity (Wildman–Crippen MR) is 82.4 cm³/mol. The van der Waals surface area contributed by atoms with Gasteiger partial charge in [-0.3, -0.25) is 0 Å². The molecule has 0 saturated carbocycles. The van der Waals surface area contributed by atoms with Crippen LogP contribution in [0.4, 0.5) is 0 Å². The Hall–Kier alpha value is -1.68. The molecule has 116 valence electrons. The average molecular weight is 299 g/mol. The van der Waals surface area contributed by atoms with E-state index in [9.17, 15) is 0 Å². The second-order valence-electron chi connectivity index (χ2n) is 6.84. The predicted octanol–water partition coefficient (Wildman–Crippen LogP) is 2.16. The van der Waals surface area contributed by atoms with Crippen LogP contribution in [0.2, 0.25) is 0 Å². The second-order valence-corrected chi connectivity index (χ2v) is 6.84. The zero-order valence-electron chi connectivity index (χ0n) is 13.0. The van der Waals surface area contributed by atoms with Gasteiger partial charge < -0.3 is 19.5 Å². The molecule has 1 N–H and O–H groups in total. The third-order valence-corrected chi connectivity index (χ3v) is 6.20. The number of methoxy groups -OCH3 is 2. The first kappa shape index (κ1) is 12.8. The number of ether oxygens (including phenoxy) is 3. The number of nitrogens with one attached hydrogen (secondary N) is 1. The van der Waals surface area contributed by atoms with E-state index in [-0.39, 0.29) is 11.5 Å². The molecule has 2 bridgehead atoms. The monoisotopic (exact) mass is 299 g/mol. The molecule has 2 aliphatic carbocycles. The Morgan fingerprint density at radius 2 is 2.18 bits per heavy atom. The molecule has 4 aliphatic rings. The van der Waals surface area contributed by atoms with Crippen LogP contribution in [0.25, 0.3) is 0 Å². The molecule has 22 heavy (non-hydrogen) atoms. The summed E-state index contributed by atoms with van der Waals surface area (Å²) in [5.74, 6) is 3.39. The first-order chi connectivity index (χ1) is 10.8. The smallest absolute Gasteiger partial charge is 0.166 e. The minimum absolute atomic E-state index is 0.00574. The molecule has 1 fully saturated rings. The zero-order chi connectivity index (χ0) is 14.9. The molecule has 1 spiro atoms. The van der Waals surface area contributed by atoms with Crippen molar-refractivity contribution in [1.82, 2.24) is 5.32 Å². The van der Waals surface area contributed by atoms with Gasteiger partial charge in [-0.05, 0) is 49.4 Å². The highest BCUT2D eigenvalue weighted by Gasteiger charge is 2.63. The lowest BCUT2D eigenvalue weighted by molar-refractivity contribution is 0.0182. The number of rotatable bonds is 2. The fourth-order valence-corrected chi connectivity index (χ4v) is 5.38. The van der Waals surface area contributed by atoms with Gasteiger partial charge in [0.15, 0.2) is 17.6 Å². The molecule has 2 aliphatic heterocycles. The topological polar surface area (TPSA) is 39.7 Å². The lowest BCUT2D eigenvalue weighted by Crippen LogP contribution is -2.63. The number of piperidine rings is 1. The molecule has 4 heteroatoms. The fraction of sp³-hybridized carbons (Fsp3) is 0.556. The fourth-order valence-electron chi connectivity index (χ4n) is 5.38. The lowest BCUT2D eigenvalue weighted by atomic mass is 9.53. The van der Waals surface area contributed by atoms with Gasteiger partial charge in [-0.1, -0.05) is 6.07 Å². The molecule has 0 aromatic heterocycles. The van der Waals surface area contributed by atoms with Crippen molar-refractivity contribution in [2.24, 2.45) is 5.92 Å². The quantitative estimate of drug-likeness (QED) is 0.908. The summed E-state index contributed by atoms with van der Waals surface area (Å²) in [6.45, 7) is 1.05. The summed E-state index contributed by atoms with van der Waals surface area (Å²) in [4.78, 5) is 0. The largest absolute Gasteiger partial charge is 0.497 e. The number of hydrogen-bond donors (Lipinski definition) is 1. The average Bonchev–Trinajstić information content (AvgIpc) is 2.88. The summed E-state index contributed by atoms with van der Waals surface area (Å²) in [6.07, 6.45) is 5.50. The molecule has 3 unspecified atom stereocenters. The third-order valence-electron chi connectivity index (χ3n) is 6.20. The van der Waals surface area contributed by atoms with Crippen LogP contribution in [0.3, 0.4) is 0 Å². The van der Waals surface area contributed by atoms with Gasteiger partial charge in [0.25, 0.3) is 0 Å². The van der Waals surface area contributed by atoms with E-state index in [1.165, 1.54) is 11.1 Å². The minimum atomic E-state index is 0.00574. The SMILES string of the molecule is COC1=CCC2C3Cc4ccc(OC)c5c4[C@]2(CCN3)C1O5. The summed E-state index contributed by atoms with van der Waals surface area (Å²) < 4.78 is 17.7. The van der Waals surface area contributed by atoms with E-state index in [4.69, 9.17) is 14.2 Å². The summed E-state index contributed by atoms with van der Waals surface area (Å²) in [5, 5.41) is 3.73. The first-order valence-corrected chi connectivity index (χ1v) is 8.14. The molecule has 2 heterocycles. The maximum atomic E-state index is 6.46. The molecular formula is C18H21NO3. The summed E-state index contributed by atoms with van der Waals surface area (Å²) in [7, 11) is 3.48. The maximum Gasteiger partial charge on any atom is 0.166 e. The van der Waals surface area contributed by atoms with Crippen LogP contribution in [-0.4, -0.2) is 32.9 Å². The van der Waals surface area contributed by atoms with E-state index in [1.807, 2.05) is 6.07 Å². The molecule has 1 saturated heterocycles. The van der Waals surface area contributed by atoms with Crippen LogP contribution in [0.15, 0.2) is 24.0 Å². The van der Waals surface area contributed by atoms with Gasteiger partial charge in [0.05, 0.1) is 14.2 Å². The van der Waals surface area contributed by atoms with Gasteiger partial charge in [0, 0.05) is 17.0 Å². The Kier molecular flexibility index (Phi) is 2.44. The van der Waals surface area contributed by atoms with Crippen molar-refractivity contribution in [2.75, 3.05) is 20.8 Å². The van der Waals surface area contributed by atoms with Crippen molar-refractivity contribution >= 4 is 0 Å². The van der Waals surface area contributed by atoms with Gasteiger partial charge >= 0.3 is 0 Å². The first-order valence-electron chi connectivity index (χ1n) is 8.14. The van der Waals surface area contributed by atoms with E-state index in [2.05, 4.69) is 17.5 Å². The van der Waals surface area contributed by atoms with Gasteiger partial charge in [0.1, 0.15) is 5.76 Å². The van der Waals surface area contributed by atoms with Crippen molar-refractivity contribution in [3.8, 4) is 11.5 Å². The Morgan fingerprint density at radius 1 is 1.27 bits per heavy atom. The number of allylic oxidation sites excluding steroid dienone is 1. The summed E-state index contributed by atoms with van der Waals surface area (Å²) in [5.41, 5.74) is 2.89. The zero-order valence-corrected chi connectivity index (χ0v) is 13.0. The highest BCUT2D eigenvalue weighted by Crippen LogP contribution is 2.62. The summed E-state index contributed by atoms with van der Waals surface area (Å²) >= 11 is 0. The Balaban J connectivity index is 1.81. The van der Waals surface area contributed by atoms with Crippen LogP contribution in [0.1, 0.15) is 24.0 Å². The van der Waals surface area contributed by atoms with Gasteiger partial charge in [-0.15, -0.1) is 0 Å². The van der Waals surface area contributed by atoms with Crippen LogP contribution in [-0.2, 0) is 16.6 Å². The van der Waals surface area contributed by atoms with Crippen molar-refractivity contribution < 1.29 is 14.2 Å². The third kappa shape index (κ3) is 1.29. The van der Waals surface area contributed by atoms with Crippen molar-refractivity contribution in [3.63, 3.8) is 0 Å². The van der Waals surface area contributed by atoms with Crippen LogP contribution in [0.5, 0.6) is 11.5 Å². The normalized spacial score (nSPS) is 37.0. The maximum absolute atomic E-state index is 6.46. The van der Waals surface area contributed by atoms with E-state index >= 15 is 0 Å². The molecule has 0 radical (unpaired) electrons. The van der Waals surface area contributed by atoms with E-state index < -0.39 is 0 Å². The van der Waals surface area contributed by atoms with Crippen LogP contribution in [0, 0.1) is 5.92 Å². The molecule has 1 aromatic rings. The lowest BCUT2D eigenvalue weighted by Gasteiger charge is -2.54. The standard InChI is InChI=1S/C18H21NO3/c1-20-13-5-3-10-9-12-11-4-6-14(21-2)17-18(11,7-8-19-12)15(10)16(13)22-17/h3,5-6,11-12,17,19H,4,7-9H2,1-2H3/t11?,12?,17?,18-/m1/s1. The van der Waals surface area contributed by atoms with Gasteiger partial charge in [-0.25, -0.2) is 0 Å².